The van der Waals surface area contributed by atoms with Crippen molar-refractivity contribution in [2.24, 2.45) is 0 Å². The largest absolute Gasteiger partial charge is 0.734 e. The van der Waals surface area contributed by atoms with E-state index >= 15 is 0 Å². The van der Waals surface area contributed by atoms with Crippen molar-refractivity contribution in [2.75, 3.05) is 13.2 Å². The Morgan fingerprint density at radius 3 is 1.27 bits per heavy atom. The smallest absolute Gasteiger partial charge is 0.424 e. The molecule has 21 nitrogen and oxygen atoms in total. The van der Waals surface area contributed by atoms with Crippen molar-refractivity contribution in [3.05, 3.63) is 60.7 Å². The van der Waals surface area contributed by atoms with Gasteiger partial charge < -0.3 is 4.74 Å². The molecule has 0 radical (unpaired) electrons. The molecule has 0 aromatic carbocycles. The molecule has 0 heterocycles. The number of rotatable bonds is 10. The second-order valence-electron chi connectivity index (χ2n) is 4.02. The average molecular weight is 387 g/mol. The van der Waals surface area contributed by atoms with E-state index in [1.54, 1.807) is 0 Å². The molecule has 144 valence electrons. The molecule has 1 N–H and O–H groups in total. The highest BCUT2D eigenvalue weighted by atomic mass is 16.8. The summed E-state index contributed by atoms with van der Waals surface area (Å²) in [5.41, 5.74) is 0. The van der Waals surface area contributed by atoms with Gasteiger partial charge in [0.05, 0.1) is 0 Å². The van der Waals surface area contributed by atoms with Crippen molar-refractivity contribution in [3.8, 4) is 0 Å². The number of hydrogen-bond donors (Lipinski definition) is 1. The number of alkyl carbamates (subject to hydrolysis) is 1. The molecular formula is C5H5N7O14. The van der Waals surface area contributed by atoms with Crippen LogP contribution in [0.1, 0.15) is 0 Å². The maximum absolute atomic E-state index is 11.2. The van der Waals surface area contributed by atoms with Gasteiger partial charge >= 0.3 is 24.3 Å². The number of carbonyl (C=O) groups excluding carboxylic acids is 1. The number of hydrogen-bond acceptors (Lipinski definition) is 14. The summed E-state index contributed by atoms with van der Waals surface area (Å²) >= 11 is 0. The van der Waals surface area contributed by atoms with E-state index in [0.717, 1.165) is 5.32 Å². The van der Waals surface area contributed by atoms with Crippen molar-refractivity contribution in [1.29, 1.82) is 0 Å². The second-order valence-corrected chi connectivity index (χ2v) is 4.02. The van der Waals surface area contributed by atoms with Gasteiger partial charge in [0.2, 0.25) is 6.54 Å². The molecule has 0 rings (SSSR count). The minimum atomic E-state index is -4.23. The first-order valence-corrected chi connectivity index (χ1v) is 5.54. The number of ether oxygens (including phenoxy) is 1. The van der Waals surface area contributed by atoms with Crippen molar-refractivity contribution >= 4 is 6.09 Å². The molecule has 0 aromatic heterocycles. The van der Waals surface area contributed by atoms with Crippen LogP contribution >= 0.6 is 0 Å². The van der Waals surface area contributed by atoms with Gasteiger partial charge in [-0.15, -0.1) is 0 Å². The zero-order valence-electron chi connectivity index (χ0n) is 11.8. The molecular weight excluding hydrogens is 382 g/mol. The van der Waals surface area contributed by atoms with Gasteiger partial charge in [0.15, 0.2) is 29.5 Å². The van der Waals surface area contributed by atoms with Crippen LogP contribution in [0.25, 0.3) is 0 Å². The van der Waals surface area contributed by atoms with Crippen LogP contribution < -0.4 is 5.32 Å². The molecule has 0 bridgehead atoms. The predicted molar refractivity (Wildman–Crippen MR) is 66.8 cm³/mol. The first kappa shape index (κ1) is 21.7. The Balaban J connectivity index is 5.32. The summed E-state index contributed by atoms with van der Waals surface area (Å²) in [5, 5.41) is 64.4. The normalized spacial score (nSPS) is 11.1. The van der Waals surface area contributed by atoms with Crippen molar-refractivity contribution in [2.45, 2.75) is 11.6 Å². The lowest BCUT2D eigenvalue weighted by Gasteiger charge is -2.11. The first-order chi connectivity index (χ1) is 11.8. The van der Waals surface area contributed by atoms with Crippen LogP contribution in [0.15, 0.2) is 0 Å². The Hall–Kier alpha value is -4.33. The lowest BCUT2D eigenvalue weighted by molar-refractivity contribution is -0.970. The predicted octanol–water partition coefficient (Wildman–Crippen LogP) is -2.32. The Kier molecular flexibility index (Phi) is 6.25. The van der Waals surface area contributed by atoms with Crippen LogP contribution in [0, 0.1) is 60.7 Å². The zero-order valence-corrected chi connectivity index (χ0v) is 11.8. The quantitative estimate of drug-likeness (QED) is 0.234. The Morgan fingerprint density at radius 2 is 1.00 bits per heavy atom. The number of nitrogens with zero attached hydrogens (tertiary/aromatic N) is 6. The third-order valence-electron chi connectivity index (χ3n) is 2.62. The van der Waals surface area contributed by atoms with E-state index in [4.69, 9.17) is 0 Å². The Labute approximate surface area is 137 Å². The molecule has 0 unspecified atom stereocenters. The average Bonchev–Trinajstić information content (AvgIpc) is 2.45. The van der Waals surface area contributed by atoms with E-state index in [9.17, 15) is 65.5 Å². The van der Waals surface area contributed by atoms with E-state index in [-0.39, 0.29) is 0 Å². The SMILES string of the molecule is O=C(NCC([N+](=O)[O-])([N+](=O)[O-])[N+](=O)[O-])OCC([N+](=O)[O-])([N+](=O)[O-])[N+](=O)[O-]. The molecule has 26 heavy (non-hydrogen) atoms. The van der Waals surface area contributed by atoms with Gasteiger partial charge in [-0.3, -0.25) is 66.0 Å². The topological polar surface area (TPSA) is 297 Å². The fraction of sp³-hybridized carbons (Fsp3) is 0.800. The third-order valence-corrected chi connectivity index (χ3v) is 2.62. The molecule has 0 atom stereocenters. The lowest BCUT2D eigenvalue weighted by atomic mass is 10.4. The van der Waals surface area contributed by atoms with Crippen LogP contribution in [-0.4, -0.2) is 60.4 Å². The molecule has 0 aliphatic carbocycles. The molecule has 0 aliphatic rings. The highest BCUT2D eigenvalue weighted by Crippen LogP contribution is 2.14. The minimum absolute atomic E-state index is 1.10. The summed E-state index contributed by atoms with van der Waals surface area (Å²) in [6.45, 7) is -4.07. The standard InChI is InChI=1S/C5H5N7O14/c13-3(6-1-4(7(14)15,8(16)17)9(18)19)26-2-5(10(20)21,11(22)23)12(24)25/h1-2H2,(H,6,13). The molecule has 0 fully saturated rings. The van der Waals surface area contributed by atoms with Crippen molar-refractivity contribution in [1.82, 2.24) is 5.32 Å². The van der Waals surface area contributed by atoms with Gasteiger partial charge in [-0.1, -0.05) is 0 Å². The van der Waals surface area contributed by atoms with Gasteiger partial charge in [0.25, 0.3) is 0 Å². The molecule has 0 aromatic rings. The van der Waals surface area contributed by atoms with Gasteiger partial charge in [0, 0.05) is 0 Å². The van der Waals surface area contributed by atoms with E-state index in [1.165, 1.54) is 0 Å². The van der Waals surface area contributed by atoms with Gasteiger partial charge in [0.1, 0.15) is 0 Å². The molecule has 0 aliphatic heterocycles. The van der Waals surface area contributed by atoms with E-state index in [0.29, 0.717) is 0 Å². The molecule has 0 saturated heterocycles. The highest BCUT2D eigenvalue weighted by Gasteiger charge is 2.73. The summed E-state index contributed by atoms with van der Waals surface area (Å²) in [4.78, 5) is 62.5. The van der Waals surface area contributed by atoms with Crippen LogP contribution in [0.3, 0.4) is 0 Å². The number of carbonyl (C=O) groups is 1. The van der Waals surface area contributed by atoms with Crippen LogP contribution in [-0.2, 0) is 4.74 Å². The van der Waals surface area contributed by atoms with Gasteiger partial charge in [-0.2, -0.15) is 0 Å². The van der Waals surface area contributed by atoms with Crippen molar-refractivity contribution < 1.29 is 39.1 Å². The van der Waals surface area contributed by atoms with Crippen LogP contribution in [0.2, 0.25) is 0 Å². The monoisotopic (exact) mass is 387 g/mol. The summed E-state index contributed by atoms with van der Waals surface area (Å²) in [6.07, 6.45) is -2.10. The molecule has 0 saturated carbocycles. The van der Waals surface area contributed by atoms with Crippen LogP contribution in [0.5, 0.6) is 0 Å². The van der Waals surface area contributed by atoms with E-state index < -0.39 is 60.4 Å². The Bertz CT molecular complexity index is 557. The highest BCUT2D eigenvalue weighted by molar-refractivity contribution is 5.67. The second kappa shape index (κ2) is 7.49. The number of nitrogens with one attached hydrogen (secondary N) is 1. The third kappa shape index (κ3) is 3.60. The fourth-order valence-electron chi connectivity index (χ4n) is 1.16. The molecule has 21 heteroatoms. The van der Waals surface area contributed by atoms with Crippen LogP contribution in [0.4, 0.5) is 4.79 Å². The maximum atomic E-state index is 11.2. The minimum Gasteiger partial charge on any atom is -0.424 e. The number of nitro groups is 6. The summed E-state index contributed by atoms with van der Waals surface area (Å²) in [6, 6.07) is 0. The first-order valence-electron chi connectivity index (χ1n) is 5.54. The fourth-order valence-corrected chi connectivity index (χ4v) is 1.16. The summed E-state index contributed by atoms with van der Waals surface area (Å²) < 4.78 is 3.78. The summed E-state index contributed by atoms with van der Waals surface area (Å²) in [5.74, 6) is -8.39. The number of amides is 1. The Morgan fingerprint density at radius 1 is 0.692 bits per heavy atom. The van der Waals surface area contributed by atoms with E-state index in [1.807, 2.05) is 0 Å². The van der Waals surface area contributed by atoms with Gasteiger partial charge in [-0.25, -0.2) is 4.79 Å². The lowest BCUT2D eigenvalue weighted by Crippen LogP contribution is -2.61. The molecule has 1 amide bonds. The zero-order chi connectivity index (χ0) is 20.9. The maximum Gasteiger partial charge on any atom is 0.734 e. The van der Waals surface area contributed by atoms with Crippen molar-refractivity contribution in [3.63, 3.8) is 0 Å². The molecule has 0 spiro atoms. The summed E-state index contributed by atoms with van der Waals surface area (Å²) in [7, 11) is 0. The van der Waals surface area contributed by atoms with Gasteiger partial charge in [-0.05, 0) is 0 Å². The van der Waals surface area contributed by atoms with E-state index in [2.05, 4.69) is 4.74 Å².